The summed E-state index contributed by atoms with van der Waals surface area (Å²) >= 11 is 0. The minimum atomic E-state index is -3.87. The van der Waals surface area contributed by atoms with Gasteiger partial charge in [-0.1, -0.05) is 0 Å². The molecule has 0 bridgehead atoms. The number of nitro groups is 1. The number of hydrogen-bond donors (Lipinski definition) is 0. The zero-order chi connectivity index (χ0) is 13.8. The Morgan fingerprint density at radius 2 is 1.89 bits per heavy atom. The maximum absolute atomic E-state index is 13.2. The van der Waals surface area contributed by atoms with E-state index in [0.29, 0.717) is 0 Å². The minimum Gasteiger partial charge on any atom is -0.305 e. The summed E-state index contributed by atoms with van der Waals surface area (Å²) in [6.45, 7) is 3.20. The molecule has 0 saturated carbocycles. The predicted octanol–water partition coefficient (Wildman–Crippen LogP) is 2.63. The SMILES string of the molecule is CCOP(=O)(OCC)c1cc(F)ccc1[N+](=O)[O-]. The van der Waals surface area contributed by atoms with Crippen molar-refractivity contribution in [1.29, 1.82) is 0 Å². The predicted molar refractivity (Wildman–Crippen MR) is 63.5 cm³/mol. The summed E-state index contributed by atoms with van der Waals surface area (Å²) in [7, 11) is -3.87. The van der Waals surface area contributed by atoms with Crippen LogP contribution >= 0.6 is 7.60 Å². The van der Waals surface area contributed by atoms with E-state index in [9.17, 15) is 19.1 Å². The lowest BCUT2D eigenvalue weighted by atomic mass is 10.3. The van der Waals surface area contributed by atoms with E-state index in [2.05, 4.69) is 0 Å². The third-order valence-corrected chi connectivity index (χ3v) is 4.17. The van der Waals surface area contributed by atoms with Crippen molar-refractivity contribution < 1.29 is 22.9 Å². The molecule has 0 fully saturated rings. The molecule has 0 atom stereocenters. The van der Waals surface area contributed by atoms with Crippen LogP contribution in [0.3, 0.4) is 0 Å². The topological polar surface area (TPSA) is 78.7 Å². The summed E-state index contributed by atoms with van der Waals surface area (Å²) < 4.78 is 35.5. The standard InChI is InChI=1S/C10H13FNO5P/c1-3-16-18(15,17-4-2)10-7-8(11)5-6-9(10)12(13)14/h5-7H,3-4H2,1-2H3. The molecule has 1 aromatic rings. The van der Waals surface area contributed by atoms with E-state index in [1.165, 1.54) is 0 Å². The van der Waals surface area contributed by atoms with Gasteiger partial charge in [0.05, 0.1) is 18.1 Å². The summed E-state index contributed by atoms with van der Waals surface area (Å²) in [5.74, 6) is -0.741. The highest BCUT2D eigenvalue weighted by Gasteiger charge is 2.35. The molecule has 0 aromatic heterocycles. The lowest BCUT2D eigenvalue weighted by Gasteiger charge is -2.16. The van der Waals surface area contributed by atoms with Crippen LogP contribution in [0.25, 0.3) is 0 Å². The van der Waals surface area contributed by atoms with Crippen molar-refractivity contribution in [3.8, 4) is 0 Å². The third-order valence-electron chi connectivity index (χ3n) is 2.03. The second kappa shape index (κ2) is 6.04. The first-order valence-corrected chi connectivity index (χ1v) is 6.82. The highest BCUT2D eigenvalue weighted by molar-refractivity contribution is 7.62. The largest absolute Gasteiger partial charge is 0.368 e. The maximum atomic E-state index is 13.2. The first kappa shape index (κ1) is 14.8. The Balaban J connectivity index is 3.39. The Morgan fingerprint density at radius 3 is 2.33 bits per heavy atom. The van der Waals surface area contributed by atoms with Gasteiger partial charge in [0.15, 0.2) is 0 Å². The van der Waals surface area contributed by atoms with Crippen LogP contribution in [0, 0.1) is 15.9 Å². The highest BCUT2D eigenvalue weighted by Crippen LogP contribution is 2.49. The summed E-state index contributed by atoms with van der Waals surface area (Å²) in [6.07, 6.45) is 0. The second-order valence-corrected chi connectivity index (χ2v) is 5.22. The van der Waals surface area contributed by atoms with Gasteiger partial charge in [-0.05, 0) is 26.0 Å². The zero-order valence-corrected chi connectivity index (χ0v) is 10.9. The number of rotatable bonds is 6. The van der Waals surface area contributed by atoms with Gasteiger partial charge in [-0.15, -0.1) is 0 Å². The third kappa shape index (κ3) is 3.13. The molecule has 100 valence electrons. The van der Waals surface area contributed by atoms with Crippen molar-refractivity contribution in [1.82, 2.24) is 0 Å². The van der Waals surface area contributed by atoms with Gasteiger partial charge >= 0.3 is 7.60 Å². The van der Waals surface area contributed by atoms with E-state index in [1.807, 2.05) is 0 Å². The molecule has 0 radical (unpaired) electrons. The number of nitrogens with zero attached hydrogens (tertiary/aromatic N) is 1. The molecular weight excluding hydrogens is 264 g/mol. The Hall–Kier alpha value is -1.30. The quantitative estimate of drug-likeness (QED) is 0.453. The lowest BCUT2D eigenvalue weighted by Crippen LogP contribution is -2.15. The van der Waals surface area contributed by atoms with Gasteiger partial charge in [-0.2, -0.15) is 0 Å². The first-order chi connectivity index (χ1) is 8.44. The number of benzene rings is 1. The zero-order valence-electron chi connectivity index (χ0n) is 9.96. The molecule has 0 saturated heterocycles. The molecule has 1 rings (SSSR count). The molecule has 0 heterocycles. The van der Waals surface area contributed by atoms with Gasteiger partial charge in [0, 0.05) is 6.07 Å². The van der Waals surface area contributed by atoms with Gasteiger partial charge in [0.25, 0.3) is 5.69 Å². The van der Waals surface area contributed by atoms with Crippen LogP contribution in [0.1, 0.15) is 13.8 Å². The summed E-state index contributed by atoms with van der Waals surface area (Å²) in [5, 5.41) is 10.5. The van der Waals surface area contributed by atoms with Crippen LogP contribution in [0.4, 0.5) is 10.1 Å². The summed E-state index contributed by atoms with van der Waals surface area (Å²) in [4.78, 5) is 10.1. The molecule has 18 heavy (non-hydrogen) atoms. The fourth-order valence-electron chi connectivity index (χ4n) is 1.39. The molecule has 0 aliphatic rings. The Labute approximate surface area is 103 Å². The number of halogens is 1. The van der Waals surface area contributed by atoms with Crippen LogP contribution in [0.15, 0.2) is 18.2 Å². The van der Waals surface area contributed by atoms with Crippen LogP contribution < -0.4 is 5.30 Å². The van der Waals surface area contributed by atoms with Crippen LogP contribution in [0.5, 0.6) is 0 Å². The molecule has 0 aliphatic carbocycles. The highest BCUT2D eigenvalue weighted by atomic mass is 31.2. The van der Waals surface area contributed by atoms with E-state index in [1.54, 1.807) is 13.8 Å². The van der Waals surface area contributed by atoms with Crippen LogP contribution in [-0.2, 0) is 13.6 Å². The molecule has 0 unspecified atom stereocenters. The lowest BCUT2D eigenvalue weighted by molar-refractivity contribution is -0.383. The number of hydrogen-bond acceptors (Lipinski definition) is 5. The monoisotopic (exact) mass is 277 g/mol. The fourth-order valence-corrected chi connectivity index (χ4v) is 3.14. The van der Waals surface area contributed by atoms with Crippen molar-refractivity contribution >= 4 is 18.6 Å². The molecule has 1 aromatic carbocycles. The summed E-state index contributed by atoms with van der Waals surface area (Å²) in [6, 6.07) is 2.67. The van der Waals surface area contributed by atoms with Crippen LogP contribution in [-0.4, -0.2) is 18.1 Å². The van der Waals surface area contributed by atoms with Crippen molar-refractivity contribution in [2.45, 2.75) is 13.8 Å². The Morgan fingerprint density at radius 1 is 1.33 bits per heavy atom. The summed E-state index contributed by atoms with van der Waals surface area (Å²) in [5.41, 5.74) is -0.485. The van der Waals surface area contributed by atoms with Crippen LogP contribution in [0.2, 0.25) is 0 Å². The fraction of sp³-hybridized carbons (Fsp3) is 0.400. The number of nitro benzene ring substituents is 1. The van der Waals surface area contributed by atoms with Crippen molar-refractivity contribution in [3.05, 3.63) is 34.1 Å². The van der Waals surface area contributed by atoms with Crippen molar-refractivity contribution in [3.63, 3.8) is 0 Å². The second-order valence-electron chi connectivity index (χ2n) is 3.22. The smallest absolute Gasteiger partial charge is 0.305 e. The average molecular weight is 277 g/mol. The van der Waals surface area contributed by atoms with Gasteiger partial charge in [0.2, 0.25) is 0 Å². The van der Waals surface area contributed by atoms with Crippen molar-refractivity contribution in [2.75, 3.05) is 13.2 Å². The van der Waals surface area contributed by atoms with Gasteiger partial charge in [-0.25, -0.2) is 4.39 Å². The molecule has 0 aliphatic heterocycles. The average Bonchev–Trinajstić information content (AvgIpc) is 2.29. The Bertz CT molecular complexity index is 483. The maximum Gasteiger partial charge on any atom is 0.368 e. The van der Waals surface area contributed by atoms with Gasteiger partial charge in [0.1, 0.15) is 11.1 Å². The molecular formula is C10H13FNO5P. The van der Waals surface area contributed by atoms with E-state index in [-0.39, 0.29) is 18.5 Å². The van der Waals surface area contributed by atoms with E-state index in [4.69, 9.17) is 9.05 Å². The molecule has 8 heteroatoms. The molecule has 0 N–H and O–H groups in total. The Kier molecular flexibility index (Phi) is 4.95. The van der Waals surface area contributed by atoms with E-state index < -0.39 is 24.0 Å². The molecule has 6 nitrogen and oxygen atoms in total. The van der Waals surface area contributed by atoms with Gasteiger partial charge in [-0.3, -0.25) is 14.7 Å². The van der Waals surface area contributed by atoms with Crippen molar-refractivity contribution in [2.24, 2.45) is 0 Å². The first-order valence-electron chi connectivity index (χ1n) is 5.28. The molecule has 0 spiro atoms. The van der Waals surface area contributed by atoms with E-state index in [0.717, 1.165) is 18.2 Å². The van der Waals surface area contributed by atoms with E-state index >= 15 is 0 Å². The minimum absolute atomic E-state index is 0.0327. The van der Waals surface area contributed by atoms with Gasteiger partial charge < -0.3 is 9.05 Å². The molecule has 0 amide bonds. The normalized spacial score (nSPS) is 11.5.